The number of carboxylic acids is 1. The van der Waals surface area contributed by atoms with E-state index in [1.165, 1.54) is 6.07 Å². The number of pyridine rings is 1. The first kappa shape index (κ1) is 13.6. The second-order valence-electron chi connectivity index (χ2n) is 4.49. The van der Waals surface area contributed by atoms with Crippen LogP contribution in [0.2, 0.25) is 0 Å². The van der Waals surface area contributed by atoms with Crippen LogP contribution in [0.4, 0.5) is 19.0 Å². The molecule has 1 aliphatic heterocycles. The molecule has 1 saturated heterocycles. The number of carboxylic acid groups (broad SMARTS) is 1. The predicted molar refractivity (Wildman–Crippen MR) is 62.2 cm³/mol. The number of piperidine rings is 1. The quantitative estimate of drug-likeness (QED) is 0.900. The van der Waals surface area contributed by atoms with E-state index < -0.39 is 18.1 Å². The number of rotatable bonds is 2. The van der Waals surface area contributed by atoms with Crippen molar-refractivity contribution in [1.82, 2.24) is 4.98 Å². The van der Waals surface area contributed by atoms with Gasteiger partial charge in [0.05, 0.1) is 5.92 Å². The maximum atomic E-state index is 12.5. The Hall–Kier alpha value is -1.79. The van der Waals surface area contributed by atoms with Gasteiger partial charge in [-0.2, -0.15) is 13.2 Å². The lowest BCUT2D eigenvalue weighted by atomic mass is 9.96. The Bertz CT molecular complexity index is 468. The van der Waals surface area contributed by atoms with Crippen LogP contribution in [0.15, 0.2) is 18.2 Å². The molecule has 0 aromatic carbocycles. The fraction of sp³-hybridized carbons (Fsp3) is 0.500. The van der Waals surface area contributed by atoms with Crippen molar-refractivity contribution in [2.45, 2.75) is 19.0 Å². The average molecular weight is 274 g/mol. The highest BCUT2D eigenvalue weighted by Gasteiger charge is 2.41. The van der Waals surface area contributed by atoms with Gasteiger partial charge in [0.2, 0.25) is 0 Å². The van der Waals surface area contributed by atoms with Crippen LogP contribution in [0.5, 0.6) is 0 Å². The van der Waals surface area contributed by atoms with Crippen molar-refractivity contribution in [3.8, 4) is 0 Å². The van der Waals surface area contributed by atoms with Gasteiger partial charge in [0.1, 0.15) is 5.82 Å². The van der Waals surface area contributed by atoms with Gasteiger partial charge < -0.3 is 10.0 Å². The highest BCUT2D eigenvalue weighted by atomic mass is 19.4. The monoisotopic (exact) mass is 274 g/mol. The van der Waals surface area contributed by atoms with Crippen molar-refractivity contribution in [2.75, 3.05) is 18.0 Å². The molecule has 19 heavy (non-hydrogen) atoms. The van der Waals surface area contributed by atoms with Gasteiger partial charge in [-0.25, -0.2) is 9.78 Å². The molecule has 0 spiro atoms. The summed E-state index contributed by atoms with van der Waals surface area (Å²) in [6.07, 6.45) is -4.12. The topological polar surface area (TPSA) is 53.4 Å². The van der Waals surface area contributed by atoms with Crippen molar-refractivity contribution < 1.29 is 23.1 Å². The van der Waals surface area contributed by atoms with Gasteiger partial charge in [0, 0.05) is 13.1 Å². The van der Waals surface area contributed by atoms with Crippen LogP contribution in [0.1, 0.15) is 23.3 Å². The van der Waals surface area contributed by atoms with E-state index in [1.807, 2.05) is 0 Å². The Labute approximate surface area is 107 Å². The van der Waals surface area contributed by atoms with Gasteiger partial charge in [-0.1, -0.05) is 6.07 Å². The zero-order valence-corrected chi connectivity index (χ0v) is 10.0. The van der Waals surface area contributed by atoms with E-state index in [0.717, 1.165) is 0 Å². The van der Waals surface area contributed by atoms with E-state index in [2.05, 4.69) is 4.98 Å². The van der Waals surface area contributed by atoms with Crippen molar-refractivity contribution in [2.24, 2.45) is 5.92 Å². The third kappa shape index (κ3) is 3.15. The summed E-state index contributed by atoms with van der Waals surface area (Å²) in [7, 11) is 0. The number of hydrogen-bond acceptors (Lipinski definition) is 3. The first-order chi connectivity index (χ1) is 8.88. The molecule has 104 valence electrons. The van der Waals surface area contributed by atoms with E-state index in [1.54, 1.807) is 17.0 Å². The molecule has 0 saturated carbocycles. The molecule has 0 aliphatic carbocycles. The number of nitrogens with zero attached hydrogens (tertiary/aromatic N) is 2. The number of anilines is 1. The summed E-state index contributed by atoms with van der Waals surface area (Å²) in [5.41, 5.74) is -0.101. The lowest BCUT2D eigenvalue weighted by molar-refractivity contribution is -0.179. The lowest BCUT2D eigenvalue weighted by Gasteiger charge is -2.33. The van der Waals surface area contributed by atoms with Crippen LogP contribution in [-0.2, 0) is 0 Å². The Kier molecular flexibility index (Phi) is 3.64. The third-order valence-corrected chi connectivity index (χ3v) is 3.24. The Balaban J connectivity index is 2.05. The van der Waals surface area contributed by atoms with Gasteiger partial charge in [0.15, 0.2) is 5.69 Å². The highest BCUT2D eigenvalue weighted by molar-refractivity contribution is 5.85. The summed E-state index contributed by atoms with van der Waals surface area (Å²) in [5, 5.41) is 8.83. The largest absolute Gasteiger partial charge is 0.477 e. The van der Waals surface area contributed by atoms with Gasteiger partial charge in [-0.05, 0) is 25.0 Å². The SMILES string of the molecule is O=C(O)c1cccc(N2CCC(C(F)(F)F)CC2)n1. The minimum absolute atomic E-state index is 0.0163. The minimum Gasteiger partial charge on any atom is -0.477 e. The van der Waals surface area contributed by atoms with Crippen LogP contribution in [0.3, 0.4) is 0 Å². The van der Waals surface area contributed by atoms with E-state index in [0.29, 0.717) is 5.82 Å². The number of aromatic nitrogens is 1. The van der Waals surface area contributed by atoms with Crippen LogP contribution in [-0.4, -0.2) is 35.3 Å². The molecular formula is C12H13F3N2O2. The fourth-order valence-electron chi connectivity index (χ4n) is 2.15. The van der Waals surface area contributed by atoms with Crippen LogP contribution < -0.4 is 4.90 Å². The molecule has 1 aliphatic rings. The maximum Gasteiger partial charge on any atom is 0.391 e. The molecule has 2 heterocycles. The standard InChI is InChI=1S/C12H13F3N2O2/c13-12(14,15)8-4-6-17(7-5-8)10-3-1-2-9(16-10)11(18)19/h1-3,8H,4-7H2,(H,18,19). The third-order valence-electron chi connectivity index (χ3n) is 3.24. The van der Waals surface area contributed by atoms with Crippen molar-refractivity contribution in [1.29, 1.82) is 0 Å². The van der Waals surface area contributed by atoms with Crippen molar-refractivity contribution in [3.05, 3.63) is 23.9 Å². The van der Waals surface area contributed by atoms with E-state index in [-0.39, 0.29) is 31.6 Å². The summed E-state index contributed by atoms with van der Waals surface area (Å²) in [4.78, 5) is 16.4. The van der Waals surface area contributed by atoms with Crippen LogP contribution in [0, 0.1) is 5.92 Å². The average Bonchev–Trinajstić information content (AvgIpc) is 2.38. The van der Waals surface area contributed by atoms with E-state index in [4.69, 9.17) is 5.11 Å². The van der Waals surface area contributed by atoms with Crippen molar-refractivity contribution >= 4 is 11.8 Å². The highest BCUT2D eigenvalue weighted by Crippen LogP contribution is 2.34. The molecule has 4 nitrogen and oxygen atoms in total. The summed E-state index contributed by atoms with van der Waals surface area (Å²) >= 11 is 0. The zero-order valence-electron chi connectivity index (χ0n) is 10.0. The summed E-state index contributed by atoms with van der Waals surface area (Å²) in [6.45, 7) is 0.473. The first-order valence-electron chi connectivity index (χ1n) is 5.90. The Morgan fingerprint density at radius 2 is 1.95 bits per heavy atom. The van der Waals surface area contributed by atoms with Crippen molar-refractivity contribution in [3.63, 3.8) is 0 Å². The molecular weight excluding hydrogens is 261 g/mol. The van der Waals surface area contributed by atoms with Crippen LogP contribution >= 0.6 is 0 Å². The predicted octanol–water partition coefficient (Wildman–Crippen LogP) is 2.56. The molecule has 1 N–H and O–H groups in total. The van der Waals surface area contributed by atoms with Gasteiger partial charge in [0.25, 0.3) is 0 Å². The molecule has 0 bridgehead atoms. The molecule has 1 aromatic rings. The minimum atomic E-state index is -4.15. The molecule has 2 rings (SSSR count). The molecule has 0 atom stereocenters. The van der Waals surface area contributed by atoms with Gasteiger partial charge in [-0.15, -0.1) is 0 Å². The smallest absolute Gasteiger partial charge is 0.391 e. The lowest BCUT2D eigenvalue weighted by Crippen LogP contribution is -2.39. The number of aromatic carboxylic acids is 1. The van der Waals surface area contributed by atoms with E-state index in [9.17, 15) is 18.0 Å². The molecule has 0 radical (unpaired) electrons. The second kappa shape index (κ2) is 5.07. The summed E-state index contributed by atoms with van der Waals surface area (Å²) in [6, 6.07) is 4.51. The van der Waals surface area contributed by atoms with E-state index >= 15 is 0 Å². The fourth-order valence-corrected chi connectivity index (χ4v) is 2.15. The van der Waals surface area contributed by atoms with Gasteiger partial charge in [-0.3, -0.25) is 0 Å². The zero-order chi connectivity index (χ0) is 14.0. The molecule has 7 heteroatoms. The van der Waals surface area contributed by atoms with Crippen LogP contribution in [0.25, 0.3) is 0 Å². The summed E-state index contributed by atoms with van der Waals surface area (Å²) in [5.74, 6) is -2.00. The Morgan fingerprint density at radius 3 is 2.47 bits per heavy atom. The number of hydrogen-bond donors (Lipinski definition) is 1. The number of alkyl halides is 3. The normalized spacial score (nSPS) is 17.5. The summed E-state index contributed by atoms with van der Waals surface area (Å²) < 4.78 is 37.6. The Morgan fingerprint density at radius 1 is 1.32 bits per heavy atom. The first-order valence-corrected chi connectivity index (χ1v) is 5.90. The number of carbonyl (C=O) groups is 1. The molecule has 1 aromatic heterocycles. The molecule has 1 fully saturated rings. The maximum absolute atomic E-state index is 12.5. The second-order valence-corrected chi connectivity index (χ2v) is 4.49. The molecule has 0 unspecified atom stereocenters. The molecule has 0 amide bonds. The number of halogens is 3. The van der Waals surface area contributed by atoms with Gasteiger partial charge >= 0.3 is 12.1 Å².